The van der Waals surface area contributed by atoms with Gasteiger partial charge in [-0.05, 0) is 40.5 Å². The first kappa shape index (κ1) is 19.9. The summed E-state index contributed by atoms with van der Waals surface area (Å²) in [6.45, 7) is 4.79. The lowest BCUT2D eigenvalue weighted by Gasteiger charge is -2.10. The molecule has 4 aromatic rings. The van der Waals surface area contributed by atoms with E-state index in [1.165, 1.54) is 5.56 Å². The van der Waals surface area contributed by atoms with Crippen LogP contribution in [0.4, 0.5) is 0 Å². The van der Waals surface area contributed by atoms with E-state index >= 15 is 0 Å². The lowest BCUT2D eigenvalue weighted by Crippen LogP contribution is -2.17. The van der Waals surface area contributed by atoms with Gasteiger partial charge in [0.1, 0.15) is 5.82 Å². The number of hydrogen-bond acceptors (Lipinski definition) is 6. The topological polar surface area (TPSA) is 111 Å². The monoisotopic (exact) mass is 402 g/mol. The fourth-order valence-electron chi connectivity index (χ4n) is 3.42. The zero-order valence-electron chi connectivity index (χ0n) is 17.3. The Hall–Kier alpha value is -3.39. The molecule has 0 saturated heterocycles. The molecule has 4 rings (SSSR count). The van der Waals surface area contributed by atoms with Crippen LogP contribution in [-0.4, -0.2) is 41.4 Å². The van der Waals surface area contributed by atoms with Crippen LogP contribution in [0.1, 0.15) is 37.5 Å². The average molecular weight is 403 g/mol. The fourth-order valence-corrected chi connectivity index (χ4v) is 3.42. The molecule has 1 unspecified atom stereocenters. The van der Waals surface area contributed by atoms with Crippen LogP contribution in [0.5, 0.6) is 0 Å². The second kappa shape index (κ2) is 8.96. The molecule has 2 aromatic heterocycles. The van der Waals surface area contributed by atoms with Gasteiger partial charge < -0.3 is 5.73 Å². The molecule has 0 radical (unpaired) electrons. The number of aromatic amines is 1. The smallest absolute Gasteiger partial charge is 0.180 e. The van der Waals surface area contributed by atoms with Gasteiger partial charge in [0.25, 0.3) is 0 Å². The Balaban J connectivity index is 1.57. The first-order chi connectivity index (χ1) is 14.6. The molecule has 0 fully saturated rings. The lowest BCUT2D eigenvalue weighted by molar-refractivity contribution is 0.588. The van der Waals surface area contributed by atoms with Crippen molar-refractivity contribution in [1.29, 1.82) is 0 Å². The molecule has 154 valence electrons. The molecule has 0 amide bonds. The summed E-state index contributed by atoms with van der Waals surface area (Å²) in [6, 6.07) is 16.7. The average Bonchev–Trinajstić information content (AvgIpc) is 3.43. The molecule has 3 N–H and O–H groups in total. The highest BCUT2D eigenvalue weighted by molar-refractivity contribution is 5.80. The van der Waals surface area contributed by atoms with E-state index in [-0.39, 0.29) is 6.04 Å². The summed E-state index contributed by atoms with van der Waals surface area (Å²) in [4.78, 5) is 4.68. The van der Waals surface area contributed by atoms with E-state index in [1.54, 1.807) is 0 Å². The second-order valence-electron chi connectivity index (χ2n) is 7.46. The van der Waals surface area contributed by atoms with Gasteiger partial charge in [0.15, 0.2) is 11.6 Å². The van der Waals surface area contributed by atoms with Crippen molar-refractivity contribution in [2.75, 3.05) is 0 Å². The molecule has 1 atom stereocenters. The van der Waals surface area contributed by atoms with E-state index in [0.29, 0.717) is 12.4 Å². The summed E-state index contributed by atoms with van der Waals surface area (Å²) < 4.78 is 2.00. The van der Waals surface area contributed by atoms with Crippen LogP contribution in [0, 0.1) is 0 Å². The number of nitrogens with one attached hydrogen (secondary N) is 1. The number of tetrazole rings is 1. The van der Waals surface area contributed by atoms with Crippen molar-refractivity contribution in [3.05, 3.63) is 65.7 Å². The van der Waals surface area contributed by atoms with Crippen molar-refractivity contribution in [3.8, 4) is 22.5 Å². The van der Waals surface area contributed by atoms with Gasteiger partial charge in [-0.15, -0.1) is 5.10 Å². The minimum absolute atomic E-state index is 0.152. The fraction of sp³-hybridized carbons (Fsp3) is 0.318. The Morgan fingerprint density at radius 2 is 1.83 bits per heavy atom. The Labute approximate surface area is 175 Å². The minimum atomic E-state index is 0.152. The Kier molecular flexibility index (Phi) is 5.94. The highest BCUT2D eigenvalue weighted by atomic mass is 15.5. The highest BCUT2D eigenvalue weighted by Crippen LogP contribution is 2.29. The Bertz CT molecular complexity index is 1080. The van der Waals surface area contributed by atoms with E-state index < -0.39 is 0 Å². The first-order valence-electron chi connectivity index (χ1n) is 10.2. The zero-order valence-corrected chi connectivity index (χ0v) is 17.3. The molecule has 0 bridgehead atoms. The van der Waals surface area contributed by atoms with Gasteiger partial charge in [-0.1, -0.05) is 55.5 Å². The number of nitrogens with two attached hydrogens (primary N) is 1. The Morgan fingerprint density at radius 1 is 1.07 bits per heavy atom. The third-order valence-electron chi connectivity index (χ3n) is 5.06. The standard InChI is InChI=1S/C22H26N8/c1-3-20-24-21(13-8-15(2)23)30(27-20)14-16-9-11-17(12-10-16)18-6-4-5-7-19(18)22-25-28-29-26-22/h4-7,9-12,15H,3,8,13-14,23H2,1-2H3,(H,25,26,28,29). The number of nitrogens with zero attached hydrogens (tertiary/aromatic N) is 6. The van der Waals surface area contributed by atoms with Crippen LogP contribution < -0.4 is 5.73 Å². The molecule has 8 heteroatoms. The van der Waals surface area contributed by atoms with E-state index in [4.69, 9.17) is 5.73 Å². The van der Waals surface area contributed by atoms with E-state index in [1.807, 2.05) is 29.8 Å². The van der Waals surface area contributed by atoms with E-state index in [2.05, 4.69) is 68.0 Å². The van der Waals surface area contributed by atoms with Crippen LogP contribution in [0.15, 0.2) is 48.5 Å². The lowest BCUT2D eigenvalue weighted by atomic mass is 9.98. The molecule has 30 heavy (non-hydrogen) atoms. The third-order valence-corrected chi connectivity index (χ3v) is 5.06. The largest absolute Gasteiger partial charge is 0.328 e. The minimum Gasteiger partial charge on any atom is -0.328 e. The SMILES string of the molecule is CCc1nc(CCC(C)N)n(Cc2ccc(-c3ccccc3-c3nnn[nH]3)cc2)n1. The summed E-state index contributed by atoms with van der Waals surface area (Å²) in [5, 5.41) is 18.9. The van der Waals surface area contributed by atoms with Crippen molar-refractivity contribution in [2.24, 2.45) is 5.73 Å². The summed E-state index contributed by atoms with van der Waals surface area (Å²) >= 11 is 0. The predicted octanol–water partition coefficient (Wildman–Crippen LogP) is 3.02. The van der Waals surface area contributed by atoms with Crippen LogP contribution in [0.25, 0.3) is 22.5 Å². The first-order valence-corrected chi connectivity index (χ1v) is 10.2. The third kappa shape index (κ3) is 4.44. The van der Waals surface area contributed by atoms with Crippen LogP contribution >= 0.6 is 0 Å². The summed E-state index contributed by atoms with van der Waals surface area (Å²) in [5.41, 5.74) is 10.3. The molecular formula is C22H26N8. The van der Waals surface area contributed by atoms with Crippen molar-refractivity contribution >= 4 is 0 Å². The summed E-state index contributed by atoms with van der Waals surface area (Å²) in [5.74, 6) is 2.53. The number of aryl methyl sites for hydroxylation is 2. The second-order valence-corrected chi connectivity index (χ2v) is 7.46. The van der Waals surface area contributed by atoms with Crippen molar-refractivity contribution in [1.82, 2.24) is 35.4 Å². The van der Waals surface area contributed by atoms with Crippen LogP contribution in [0.2, 0.25) is 0 Å². The number of benzene rings is 2. The quantitative estimate of drug-likeness (QED) is 0.469. The van der Waals surface area contributed by atoms with Crippen molar-refractivity contribution < 1.29 is 0 Å². The molecule has 2 aromatic carbocycles. The number of rotatable bonds is 8. The maximum absolute atomic E-state index is 5.93. The van der Waals surface area contributed by atoms with Gasteiger partial charge in [0.05, 0.1) is 6.54 Å². The van der Waals surface area contributed by atoms with E-state index in [9.17, 15) is 0 Å². The van der Waals surface area contributed by atoms with Gasteiger partial charge >= 0.3 is 0 Å². The molecule has 0 aliphatic carbocycles. The number of aromatic nitrogens is 7. The van der Waals surface area contributed by atoms with Crippen LogP contribution in [-0.2, 0) is 19.4 Å². The molecule has 0 saturated carbocycles. The maximum Gasteiger partial charge on any atom is 0.180 e. The van der Waals surface area contributed by atoms with Gasteiger partial charge in [-0.2, -0.15) is 5.10 Å². The van der Waals surface area contributed by atoms with Gasteiger partial charge in [-0.3, -0.25) is 0 Å². The van der Waals surface area contributed by atoms with Gasteiger partial charge in [0, 0.05) is 24.4 Å². The predicted molar refractivity (Wildman–Crippen MR) is 116 cm³/mol. The normalized spacial score (nSPS) is 12.2. The van der Waals surface area contributed by atoms with Crippen molar-refractivity contribution in [2.45, 2.75) is 45.7 Å². The molecule has 0 aliphatic rings. The van der Waals surface area contributed by atoms with Gasteiger partial charge in [0.2, 0.25) is 0 Å². The molecular weight excluding hydrogens is 376 g/mol. The maximum atomic E-state index is 5.93. The molecule has 0 spiro atoms. The summed E-state index contributed by atoms with van der Waals surface area (Å²) in [7, 11) is 0. The Morgan fingerprint density at radius 3 is 2.50 bits per heavy atom. The molecule has 8 nitrogen and oxygen atoms in total. The summed E-state index contributed by atoms with van der Waals surface area (Å²) in [6.07, 6.45) is 2.56. The number of hydrogen-bond donors (Lipinski definition) is 2. The van der Waals surface area contributed by atoms with E-state index in [0.717, 1.165) is 47.6 Å². The molecule has 2 heterocycles. The molecule has 0 aliphatic heterocycles. The van der Waals surface area contributed by atoms with Crippen LogP contribution in [0.3, 0.4) is 0 Å². The highest BCUT2D eigenvalue weighted by Gasteiger charge is 2.12. The van der Waals surface area contributed by atoms with Gasteiger partial charge in [-0.25, -0.2) is 14.8 Å². The zero-order chi connectivity index (χ0) is 20.9. The van der Waals surface area contributed by atoms with Crippen molar-refractivity contribution in [3.63, 3.8) is 0 Å². The number of H-pyrrole nitrogens is 1.